The molecule has 0 atom stereocenters. The highest BCUT2D eigenvalue weighted by Crippen LogP contribution is 2.28. The normalized spacial score (nSPS) is 11.2. The standard InChI is InChI=1S/C27H24ClF2N/c1-2-3-4-19-7-14-26(31-17-19)22-11-12-23-21(16-22)10-9-20(27(23)30)8-5-18-6-13-24(28)25(29)15-18/h6-7,9-17H,2-5,8H2,1H3. The van der Waals surface area contributed by atoms with Crippen LogP contribution in [0.1, 0.15) is 36.5 Å². The summed E-state index contributed by atoms with van der Waals surface area (Å²) in [5.74, 6) is -0.668. The average molecular weight is 436 g/mol. The quantitative estimate of drug-likeness (QED) is 0.287. The van der Waals surface area contributed by atoms with Crippen LogP contribution in [-0.2, 0) is 19.3 Å². The minimum Gasteiger partial charge on any atom is -0.256 e. The zero-order valence-electron chi connectivity index (χ0n) is 17.5. The van der Waals surface area contributed by atoms with E-state index in [1.807, 2.05) is 42.6 Å². The molecule has 0 N–H and O–H groups in total. The summed E-state index contributed by atoms with van der Waals surface area (Å²) in [6, 6.07) is 18.3. The Bertz CT molecular complexity index is 1200. The maximum absolute atomic E-state index is 15.1. The van der Waals surface area contributed by atoms with Crippen LogP contribution in [0, 0.1) is 11.6 Å². The summed E-state index contributed by atoms with van der Waals surface area (Å²) < 4.78 is 28.7. The Labute approximate surface area is 186 Å². The van der Waals surface area contributed by atoms with E-state index in [1.54, 1.807) is 6.07 Å². The van der Waals surface area contributed by atoms with Crippen molar-refractivity contribution in [2.75, 3.05) is 0 Å². The van der Waals surface area contributed by atoms with Gasteiger partial charge in [-0.2, -0.15) is 0 Å². The van der Waals surface area contributed by atoms with E-state index in [-0.39, 0.29) is 10.8 Å². The molecule has 0 fully saturated rings. The van der Waals surface area contributed by atoms with Gasteiger partial charge in [-0.15, -0.1) is 0 Å². The van der Waals surface area contributed by atoms with Crippen molar-refractivity contribution in [3.05, 3.63) is 100 Å². The molecule has 0 aliphatic rings. The Morgan fingerprint density at radius 2 is 1.68 bits per heavy atom. The van der Waals surface area contributed by atoms with Gasteiger partial charge >= 0.3 is 0 Å². The highest BCUT2D eigenvalue weighted by molar-refractivity contribution is 6.30. The molecule has 0 amide bonds. The predicted octanol–water partition coefficient (Wildman–Crippen LogP) is 7.96. The van der Waals surface area contributed by atoms with E-state index in [1.165, 1.54) is 17.7 Å². The molecule has 0 spiro atoms. The predicted molar refractivity (Wildman–Crippen MR) is 125 cm³/mol. The maximum Gasteiger partial charge on any atom is 0.142 e. The van der Waals surface area contributed by atoms with Gasteiger partial charge in [-0.25, -0.2) is 8.78 Å². The van der Waals surface area contributed by atoms with Gasteiger partial charge in [0.05, 0.1) is 10.7 Å². The van der Waals surface area contributed by atoms with Crippen molar-refractivity contribution in [3.8, 4) is 11.3 Å². The van der Waals surface area contributed by atoms with Crippen LogP contribution >= 0.6 is 11.6 Å². The number of halogens is 3. The van der Waals surface area contributed by atoms with E-state index in [2.05, 4.69) is 18.0 Å². The number of aromatic nitrogens is 1. The summed E-state index contributed by atoms with van der Waals surface area (Å²) in [6.45, 7) is 2.18. The molecule has 158 valence electrons. The van der Waals surface area contributed by atoms with Gasteiger partial charge < -0.3 is 0 Å². The first-order valence-corrected chi connectivity index (χ1v) is 11.0. The third-order valence-corrected chi connectivity index (χ3v) is 5.95. The van der Waals surface area contributed by atoms with Crippen molar-refractivity contribution in [1.29, 1.82) is 0 Å². The molecule has 31 heavy (non-hydrogen) atoms. The highest BCUT2D eigenvalue weighted by atomic mass is 35.5. The molecule has 4 heteroatoms. The molecule has 3 aromatic carbocycles. The summed E-state index contributed by atoms with van der Waals surface area (Å²) in [5.41, 5.74) is 4.51. The average Bonchev–Trinajstić information content (AvgIpc) is 2.79. The molecule has 4 aromatic rings. The van der Waals surface area contributed by atoms with E-state index < -0.39 is 5.82 Å². The molecular formula is C27H24ClF2N. The van der Waals surface area contributed by atoms with E-state index in [0.717, 1.165) is 41.5 Å². The third kappa shape index (κ3) is 4.94. The van der Waals surface area contributed by atoms with E-state index in [0.29, 0.717) is 23.8 Å². The van der Waals surface area contributed by atoms with Crippen LogP contribution < -0.4 is 0 Å². The molecule has 0 radical (unpaired) electrons. The molecule has 4 rings (SSSR count). The van der Waals surface area contributed by atoms with E-state index in [9.17, 15) is 4.39 Å². The summed E-state index contributed by atoms with van der Waals surface area (Å²) in [7, 11) is 0. The molecule has 0 aliphatic heterocycles. The third-order valence-electron chi connectivity index (χ3n) is 5.64. The molecule has 0 saturated carbocycles. The lowest BCUT2D eigenvalue weighted by Crippen LogP contribution is -1.97. The molecule has 1 heterocycles. The SMILES string of the molecule is CCCCc1ccc(-c2ccc3c(F)c(CCc4ccc(Cl)c(F)c4)ccc3c2)nc1. The maximum atomic E-state index is 15.1. The zero-order chi connectivity index (χ0) is 21.8. The van der Waals surface area contributed by atoms with Crippen molar-refractivity contribution < 1.29 is 8.78 Å². The van der Waals surface area contributed by atoms with Gasteiger partial charge in [0.2, 0.25) is 0 Å². The summed E-state index contributed by atoms with van der Waals surface area (Å²) in [6.07, 6.45) is 6.33. The first-order chi connectivity index (χ1) is 15.0. The lowest BCUT2D eigenvalue weighted by atomic mass is 9.98. The number of rotatable bonds is 7. The largest absolute Gasteiger partial charge is 0.256 e. The van der Waals surface area contributed by atoms with Crippen LogP contribution in [0.5, 0.6) is 0 Å². The fourth-order valence-electron chi connectivity index (χ4n) is 3.79. The van der Waals surface area contributed by atoms with Gasteiger partial charge in [-0.1, -0.05) is 61.3 Å². The van der Waals surface area contributed by atoms with Crippen molar-refractivity contribution in [2.24, 2.45) is 0 Å². The Morgan fingerprint density at radius 1 is 0.839 bits per heavy atom. The monoisotopic (exact) mass is 435 g/mol. The lowest BCUT2D eigenvalue weighted by molar-refractivity contribution is 0.617. The molecule has 0 bridgehead atoms. The van der Waals surface area contributed by atoms with Gasteiger partial charge in [0.25, 0.3) is 0 Å². The molecule has 1 nitrogen and oxygen atoms in total. The smallest absolute Gasteiger partial charge is 0.142 e. The Kier molecular flexibility index (Phi) is 6.62. The highest BCUT2D eigenvalue weighted by Gasteiger charge is 2.10. The van der Waals surface area contributed by atoms with Gasteiger partial charge in [-0.05, 0) is 72.0 Å². The zero-order valence-corrected chi connectivity index (χ0v) is 18.2. The summed E-state index contributed by atoms with van der Waals surface area (Å²) in [5, 5.41) is 1.53. The van der Waals surface area contributed by atoms with Crippen LogP contribution in [0.2, 0.25) is 5.02 Å². The number of pyridine rings is 1. The topological polar surface area (TPSA) is 12.9 Å². The number of fused-ring (bicyclic) bond motifs is 1. The summed E-state index contributed by atoms with van der Waals surface area (Å²) >= 11 is 5.73. The number of benzene rings is 3. The molecule has 0 unspecified atom stereocenters. The van der Waals surface area contributed by atoms with Gasteiger partial charge in [0.1, 0.15) is 11.6 Å². The van der Waals surface area contributed by atoms with Crippen molar-refractivity contribution in [2.45, 2.75) is 39.0 Å². The minimum absolute atomic E-state index is 0.0986. The van der Waals surface area contributed by atoms with E-state index in [4.69, 9.17) is 11.6 Å². The Balaban J connectivity index is 1.54. The van der Waals surface area contributed by atoms with Crippen LogP contribution in [0.4, 0.5) is 8.78 Å². The molecule has 0 aliphatic carbocycles. The minimum atomic E-state index is -0.447. The Hall–Kier alpha value is -2.78. The number of nitrogens with zero attached hydrogens (tertiary/aromatic N) is 1. The second-order valence-corrected chi connectivity index (χ2v) is 8.29. The Morgan fingerprint density at radius 3 is 2.42 bits per heavy atom. The van der Waals surface area contributed by atoms with Crippen LogP contribution in [0.3, 0.4) is 0 Å². The molecule has 0 saturated heterocycles. The number of hydrogen-bond donors (Lipinski definition) is 0. The van der Waals surface area contributed by atoms with Crippen molar-refractivity contribution in [1.82, 2.24) is 4.98 Å². The first kappa shape index (κ1) is 21.5. The first-order valence-electron chi connectivity index (χ1n) is 10.7. The van der Waals surface area contributed by atoms with Crippen molar-refractivity contribution >= 4 is 22.4 Å². The second-order valence-electron chi connectivity index (χ2n) is 7.88. The fourth-order valence-corrected chi connectivity index (χ4v) is 3.91. The molecular weight excluding hydrogens is 412 g/mol. The van der Waals surface area contributed by atoms with Crippen LogP contribution in [0.15, 0.2) is 66.9 Å². The summed E-state index contributed by atoms with van der Waals surface area (Å²) in [4.78, 5) is 4.59. The van der Waals surface area contributed by atoms with Crippen LogP contribution in [0.25, 0.3) is 22.0 Å². The van der Waals surface area contributed by atoms with Crippen molar-refractivity contribution in [3.63, 3.8) is 0 Å². The van der Waals surface area contributed by atoms with Crippen LogP contribution in [-0.4, -0.2) is 4.98 Å². The van der Waals surface area contributed by atoms with Gasteiger partial charge in [-0.3, -0.25) is 4.98 Å². The number of unbranched alkanes of at least 4 members (excludes halogenated alkanes) is 1. The lowest BCUT2D eigenvalue weighted by Gasteiger charge is -2.09. The van der Waals surface area contributed by atoms with E-state index >= 15 is 4.39 Å². The molecule has 1 aromatic heterocycles. The fraction of sp³-hybridized carbons (Fsp3) is 0.222. The number of aryl methyl sites for hydroxylation is 3. The number of hydrogen-bond acceptors (Lipinski definition) is 1. The second kappa shape index (κ2) is 9.57. The van der Waals surface area contributed by atoms with Gasteiger partial charge in [0.15, 0.2) is 0 Å². The van der Waals surface area contributed by atoms with Gasteiger partial charge in [0, 0.05) is 17.1 Å².